The van der Waals surface area contributed by atoms with Gasteiger partial charge in [0.25, 0.3) is 0 Å². The number of rotatable bonds is 18. The molecule has 0 bridgehead atoms. The van der Waals surface area contributed by atoms with Crippen LogP contribution in [0.25, 0.3) is 11.1 Å². The molecular weight excluding hydrogens is 596 g/mol. The molecular formula is C39H44O8. The lowest BCUT2D eigenvalue weighted by Gasteiger charge is -2.15. The number of hydrogen-bond donors (Lipinski definition) is 2. The third-order valence-corrected chi connectivity index (χ3v) is 7.34. The number of ether oxygens (including phenoxy) is 4. The summed E-state index contributed by atoms with van der Waals surface area (Å²) in [6.45, 7) is 9.24. The van der Waals surface area contributed by atoms with Crippen molar-refractivity contribution in [3.8, 4) is 34.5 Å². The highest BCUT2D eigenvalue weighted by atomic mass is 16.7. The van der Waals surface area contributed by atoms with Crippen LogP contribution in [-0.2, 0) is 31.9 Å². The topological polar surface area (TPSA) is 112 Å². The molecule has 0 saturated carbocycles. The van der Waals surface area contributed by atoms with Crippen molar-refractivity contribution >= 4 is 11.9 Å². The molecule has 0 saturated heterocycles. The third-order valence-electron chi connectivity index (χ3n) is 7.34. The second-order valence-electron chi connectivity index (χ2n) is 10.9. The number of carbonyl (C=O) groups excluding carboxylic acids is 2. The molecule has 3 rings (SSSR count). The monoisotopic (exact) mass is 640 g/mol. The normalized spacial score (nSPS) is 10.4. The predicted octanol–water partition coefficient (Wildman–Crippen LogP) is 6.68. The van der Waals surface area contributed by atoms with E-state index in [1.54, 1.807) is 18.2 Å². The minimum Gasteiger partial charge on any atom is -0.457 e. The molecule has 0 radical (unpaired) electrons. The number of aliphatic hydroxyl groups excluding tert-OH is 2. The van der Waals surface area contributed by atoms with E-state index < -0.39 is 38.7 Å². The Morgan fingerprint density at radius 3 is 1.81 bits per heavy atom. The second-order valence-corrected chi connectivity index (χ2v) is 10.9. The summed E-state index contributed by atoms with van der Waals surface area (Å²) < 4.78 is 21.4. The van der Waals surface area contributed by atoms with Crippen molar-refractivity contribution in [2.75, 3.05) is 26.8 Å². The van der Waals surface area contributed by atoms with Crippen LogP contribution < -0.4 is 9.47 Å². The molecule has 0 fully saturated rings. The van der Waals surface area contributed by atoms with Crippen LogP contribution in [0.2, 0.25) is 0 Å². The highest BCUT2D eigenvalue weighted by Gasteiger charge is 2.13. The molecule has 248 valence electrons. The van der Waals surface area contributed by atoms with Crippen molar-refractivity contribution in [1.29, 1.82) is 0 Å². The second kappa shape index (κ2) is 19.6. The maximum absolute atomic E-state index is 11.9. The fourth-order valence-corrected chi connectivity index (χ4v) is 4.61. The van der Waals surface area contributed by atoms with Crippen LogP contribution in [-0.4, -0.2) is 49.0 Å². The van der Waals surface area contributed by atoms with Crippen molar-refractivity contribution in [2.45, 2.75) is 58.8 Å². The highest BCUT2D eigenvalue weighted by Crippen LogP contribution is 2.33. The smallest absolute Gasteiger partial charge is 0.338 e. The van der Waals surface area contributed by atoms with Gasteiger partial charge in [-0.15, -0.1) is 0 Å². The Kier molecular flexibility index (Phi) is 15.3. The number of carbonyl (C=O) groups is 2. The third kappa shape index (κ3) is 12.1. The number of hydrogen-bond acceptors (Lipinski definition) is 8. The summed E-state index contributed by atoms with van der Waals surface area (Å²) in [7, 11) is 0. The molecule has 3 aromatic carbocycles. The number of aryl methyl sites for hydroxylation is 2. The predicted molar refractivity (Wildman–Crippen MR) is 182 cm³/mol. The van der Waals surface area contributed by atoms with Crippen molar-refractivity contribution in [2.24, 2.45) is 0 Å². The van der Waals surface area contributed by atoms with Crippen LogP contribution in [0.1, 0.15) is 68.2 Å². The van der Waals surface area contributed by atoms with Gasteiger partial charge in [-0.25, -0.2) is 9.59 Å². The van der Waals surface area contributed by atoms with Gasteiger partial charge >= 0.3 is 11.9 Å². The maximum Gasteiger partial charge on any atom is 0.338 e. The summed E-state index contributed by atoms with van der Waals surface area (Å²) in [5, 5.41) is 18.2. The van der Waals surface area contributed by atoms with Crippen molar-refractivity contribution in [3.05, 3.63) is 107 Å². The molecule has 0 amide bonds. The van der Waals surface area contributed by atoms with Crippen LogP contribution in [0, 0.1) is 11.8 Å². The standard InChI is InChI=1S/C39H44O8/c1-5-7-8-9-10-11-30-12-14-31(15-13-30)16-17-32-18-19-37(33(6-2)20-32)34-21-35(44-26-46-38(42)28(3)24-40)23-36(22-34)45-27-47-39(43)29(4)25-41/h12-15,18-23,40-41H,3-11,24-27H2,1-2H3. The number of unbranched alkanes of at least 4 members (excludes halogenated alkanes) is 4. The lowest BCUT2D eigenvalue weighted by molar-refractivity contribution is -0.146. The van der Waals surface area contributed by atoms with Gasteiger partial charge in [0.2, 0.25) is 13.6 Å². The Morgan fingerprint density at radius 2 is 1.26 bits per heavy atom. The van der Waals surface area contributed by atoms with E-state index >= 15 is 0 Å². The number of benzene rings is 3. The summed E-state index contributed by atoms with van der Waals surface area (Å²) in [4.78, 5) is 23.7. The van der Waals surface area contributed by atoms with Crippen LogP contribution in [0.4, 0.5) is 0 Å². The van der Waals surface area contributed by atoms with Crippen molar-refractivity contribution < 1.29 is 38.7 Å². The summed E-state index contributed by atoms with van der Waals surface area (Å²) in [5.74, 6) is 5.63. The first kappa shape index (κ1) is 36.6. The molecule has 0 aliphatic heterocycles. The lowest BCUT2D eigenvalue weighted by atomic mass is 9.95. The minimum absolute atomic E-state index is 0.0985. The first-order valence-corrected chi connectivity index (χ1v) is 15.8. The molecule has 3 aromatic rings. The van der Waals surface area contributed by atoms with E-state index in [9.17, 15) is 9.59 Å². The van der Waals surface area contributed by atoms with E-state index in [0.29, 0.717) is 11.5 Å². The van der Waals surface area contributed by atoms with Crippen LogP contribution in [0.5, 0.6) is 11.5 Å². The molecule has 47 heavy (non-hydrogen) atoms. The van der Waals surface area contributed by atoms with Gasteiger partial charge in [-0.05, 0) is 77.9 Å². The zero-order valence-electron chi connectivity index (χ0n) is 27.3. The van der Waals surface area contributed by atoms with Crippen molar-refractivity contribution in [1.82, 2.24) is 0 Å². The van der Waals surface area contributed by atoms with Gasteiger partial charge in [0.1, 0.15) is 11.5 Å². The SMILES string of the molecule is C=C(CO)C(=O)OCOc1cc(OCOC(=O)C(=C)CO)cc(-c2ccc(C#Cc3ccc(CCCCCCC)cc3)cc2CC)c1. The van der Waals surface area contributed by atoms with Gasteiger partial charge in [-0.2, -0.15) is 0 Å². The Balaban J connectivity index is 1.79. The largest absolute Gasteiger partial charge is 0.457 e. The molecule has 0 heterocycles. The first-order valence-electron chi connectivity index (χ1n) is 15.8. The van der Waals surface area contributed by atoms with E-state index in [4.69, 9.17) is 29.2 Å². The summed E-state index contributed by atoms with van der Waals surface area (Å²) in [6.07, 6.45) is 8.15. The van der Waals surface area contributed by atoms with Gasteiger partial charge < -0.3 is 29.2 Å². The summed E-state index contributed by atoms with van der Waals surface area (Å²) >= 11 is 0. The fourth-order valence-electron chi connectivity index (χ4n) is 4.61. The molecule has 8 heteroatoms. The molecule has 2 N–H and O–H groups in total. The number of esters is 2. The van der Waals surface area contributed by atoms with Crippen LogP contribution >= 0.6 is 0 Å². The zero-order chi connectivity index (χ0) is 34.0. The van der Waals surface area contributed by atoms with Gasteiger partial charge in [-0.1, -0.05) is 82.7 Å². The Labute approximate surface area is 277 Å². The highest BCUT2D eigenvalue weighted by molar-refractivity contribution is 5.88. The fraction of sp³-hybridized carbons (Fsp3) is 0.333. The molecule has 0 unspecified atom stereocenters. The summed E-state index contributed by atoms with van der Waals surface area (Å²) in [5.41, 5.74) is 5.67. The van der Waals surface area contributed by atoms with E-state index in [1.807, 2.05) is 18.2 Å². The Morgan fingerprint density at radius 1 is 0.702 bits per heavy atom. The molecule has 0 aliphatic rings. The van der Waals surface area contributed by atoms with Crippen LogP contribution in [0.15, 0.2) is 85.0 Å². The van der Waals surface area contributed by atoms with E-state index in [0.717, 1.165) is 40.7 Å². The van der Waals surface area contributed by atoms with E-state index in [-0.39, 0.29) is 11.1 Å². The Hall–Kier alpha value is -4.84. The minimum atomic E-state index is -0.783. The zero-order valence-corrected chi connectivity index (χ0v) is 27.3. The van der Waals surface area contributed by atoms with Gasteiger partial charge in [0.05, 0.1) is 24.4 Å². The molecule has 0 aromatic heterocycles. The molecule has 0 aliphatic carbocycles. The van der Waals surface area contributed by atoms with Gasteiger partial charge in [-0.3, -0.25) is 0 Å². The quantitative estimate of drug-likeness (QED) is 0.0521. The molecule has 0 spiro atoms. The maximum atomic E-state index is 11.9. The van der Waals surface area contributed by atoms with Gasteiger partial charge in [0.15, 0.2) is 0 Å². The van der Waals surface area contributed by atoms with Gasteiger partial charge in [0, 0.05) is 17.2 Å². The van der Waals surface area contributed by atoms with E-state index in [1.165, 1.54) is 37.7 Å². The summed E-state index contributed by atoms with van der Waals surface area (Å²) in [6, 6.07) is 19.5. The first-order chi connectivity index (χ1) is 22.8. The average Bonchev–Trinajstić information content (AvgIpc) is 3.10. The van der Waals surface area contributed by atoms with Crippen LogP contribution in [0.3, 0.4) is 0 Å². The molecule has 8 nitrogen and oxygen atoms in total. The van der Waals surface area contributed by atoms with E-state index in [2.05, 4.69) is 63.1 Å². The average molecular weight is 641 g/mol. The Bertz CT molecular complexity index is 1520. The number of aliphatic hydroxyl groups is 2. The lowest BCUT2D eigenvalue weighted by Crippen LogP contribution is -2.14. The van der Waals surface area contributed by atoms with Crippen molar-refractivity contribution in [3.63, 3.8) is 0 Å². The molecule has 0 atom stereocenters.